The normalized spacial score (nSPS) is 13.3. The second-order valence-corrected chi connectivity index (χ2v) is 5.73. The van der Waals surface area contributed by atoms with Crippen LogP contribution in [0.2, 0.25) is 0 Å². The summed E-state index contributed by atoms with van der Waals surface area (Å²) in [5.41, 5.74) is 8.85. The van der Waals surface area contributed by atoms with E-state index in [9.17, 15) is 0 Å². The van der Waals surface area contributed by atoms with Gasteiger partial charge in [0.05, 0.1) is 18.6 Å². The van der Waals surface area contributed by atoms with Gasteiger partial charge in [0.25, 0.3) is 0 Å². The lowest BCUT2D eigenvalue weighted by Crippen LogP contribution is -2.06. The Labute approximate surface area is 149 Å². The Morgan fingerprint density at radius 3 is 3.00 bits per heavy atom. The smallest absolute Gasteiger partial charge is 0.246 e. The van der Waals surface area contributed by atoms with E-state index >= 15 is 0 Å². The molecule has 9 heteroatoms. The van der Waals surface area contributed by atoms with Crippen LogP contribution in [0, 0.1) is 0 Å². The number of ether oxygens (including phenoxy) is 1. The Kier molecular flexibility index (Phi) is 4.28. The number of hydrogen-bond donors (Lipinski definition) is 2. The van der Waals surface area contributed by atoms with Gasteiger partial charge in [-0.2, -0.15) is 9.97 Å². The second-order valence-electron chi connectivity index (χ2n) is 5.73. The number of hydrogen-bond acceptors (Lipinski definition) is 9. The molecule has 0 unspecified atom stereocenters. The summed E-state index contributed by atoms with van der Waals surface area (Å²) in [6.45, 7) is 1.30. The molecule has 2 aromatic heterocycles. The van der Waals surface area contributed by atoms with Crippen LogP contribution >= 0.6 is 0 Å². The van der Waals surface area contributed by atoms with E-state index in [2.05, 4.69) is 30.4 Å². The van der Waals surface area contributed by atoms with E-state index in [0.29, 0.717) is 37.2 Å². The zero-order valence-corrected chi connectivity index (χ0v) is 14.1. The first-order chi connectivity index (χ1) is 12.7. The fraction of sp³-hybridized carbons (Fsp3) is 0.235. The molecule has 1 aliphatic rings. The highest BCUT2D eigenvalue weighted by molar-refractivity contribution is 5.95. The number of nitrogen functional groups attached to an aromatic ring is 1. The summed E-state index contributed by atoms with van der Waals surface area (Å²) < 4.78 is 10.1. The molecule has 3 N–H and O–H groups in total. The summed E-state index contributed by atoms with van der Waals surface area (Å²) in [6, 6.07) is 5.98. The van der Waals surface area contributed by atoms with Crippen LogP contribution in [-0.4, -0.2) is 40.0 Å². The van der Waals surface area contributed by atoms with Crippen molar-refractivity contribution in [1.82, 2.24) is 20.1 Å². The Morgan fingerprint density at radius 2 is 2.19 bits per heavy atom. The highest BCUT2D eigenvalue weighted by Gasteiger charge is 2.12. The van der Waals surface area contributed by atoms with Crippen LogP contribution < -0.4 is 11.1 Å². The number of nitrogens with zero attached hydrogens (tertiary/aromatic N) is 5. The van der Waals surface area contributed by atoms with Crippen molar-refractivity contribution in [3.8, 4) is 0 Å². The molecule has 9 nitrogen and oxygen atoms in total. The predicted octanol–water partition coefficient (Wildman–Crippen LogP) is 1.82. The lowest BCUT2D eigenvalue weighted by atomic mass is 10.0. The maximum absolute atomic E-state index is 5.87. The summed E-state index contributed by atoms with van der Waals surface area (Å²) in [4.78, 5) is 17.1. The standard InChI is InChI=1S/C17H17N7O2/c1-25-9-14-22-15(26-24-14)8-20-16-12-3-2-10(11-4-5-19-7-11)6-13(12)21-17(18)23-16/h2-6H,7-9H2,1H3,(H3,18,20,21,23). The average molecular weight is 351 g/mol. The fourth-order valence-corrected chi connectivity index (χ4v) is 2.73. The quantitative estimate of drug-likeness (QED) is 0.689. The van der Waals surface area contributed by atoms with Gasteiger partial charge >= 0.3 is 0 Å². The van der Waals surface area contributed by atoms with Gasteiger partial charge in [-0.05, 0) is 29.3 Å². The molecule has 3 heterocycles. The van der Waals surface area contributed by atoms with Crippen molar-refractivity contribution in [2.75, 3.05) is 24.7 Å². The fourth-order valence-electron chi connectivity index (χ4n) is 2.73. The van der Waals surface area contributed by atoms with Gasteiger partial charge in [0.2, 0.25) is 11.8 Å². The minimum Gasteiger partial charge on any atom is -0.377 e. The van der Waals surface area contributed by atoms with Gasteiger partial charge < -0.3 is 20.3 Å². The maximum Gasteiger partial charge on any atom is 0.246 e. The molecule has 0 radical (unpaired) electrons. The Hall–Kier alpha value is -3.33. The van der Waals surface area contributed by atoms with E-state index < -0.39 is 0 Å². The number of nitrogens with two attached hydrogens (primary N) is 1. The van der Waals surface area contributed by atoms with Gasteiger partial charge in [-0.1, -0.05) is 11.2 Å². The van der Waals surface area contributed by atoms with E-state index in [-0.39, 0.29) is 5.95 Å². The number of allylic oxidation sites excluding steroid dienone is 1. The van der Waals surface area contributed by atoms with Crippen LogP contribution in [0.25, 0.3) is 16.5 Å². The van der Waals surface area contributed by atoms with Crippen LogP contribution in [-0.2, 0) is 17.9 Å². The first kappa shape index (κ1) is 16.2. The van der Waals surface area contributed by atoms with Gasteiger partial charge in [-0.15, -0.1) is 0 Å². The van der Waals surface area contributed by atoms with Crippen LogP contribution in [0.1, 0.15) is 17.3 Å². The minimum absolute atomic E-state index is 0.194. The Balaban J connectivity index is 1.59. The van der Waals surface area contributed by atoms with Gasteiger partial charge in [0.1, 0.15) is 12.4 Å². The summed E-state index contributed by atoms with van der Waals surface area (Å²) in [5.74, 6) is 1.74. The van der Waals surface area contributed by atoms with Crippen molar-refractivity contribution in [3.05, 3.63) is 41.6 Å². The SMILES string of the molecule is COCc1noc(CNc2nc(N)nc3cc(C4=CC=NC4)ccc23)n1. The number of rotatable bonds is 6. The lowest BCUT2D eigenvalue weighted by Gasteiger charge is -2.09. The van der Waals surface area contributed by atoms with E-state index in [0.717, 1.165) is 22.0 Å². The van der Waals surface area contributed by atoms with Crippen LogP contribution in [0.4, 0.5) is 11.8 Å². The summed E-state index contributed by atoms with van der Waals surface area (Å²) in [5, 5.41) is 7.87. The molecule has 4 rings (SSSR count). The molecule has 0 aliphatic carbocycles. The van der Waals surface area contributed by atoms with Crippen molar-refractivity contribution in [2.45, 2.75) is 13.2 Å². The molecule has 0 spiro atoms. The molecule has 0 atom stereocenters. The number of methoxy groups -OCH3 is 1. The number of benzene rings is 1. The Morgan fingerprint density at radius 1 is 1.27 bits per heavy atom. The molecule has 1 aliphatic heterocycles. The predicted molar refractivity (Wildman–Crippen MR) is 97.6 cm³/mol. The van der Waals surface area contributed by atoms with Crippen molar-refractivity contribution in [2.24, 2.45) is 4.99 Å². The molecule has 0 amide bonds. The van der Waals surface area contributed by atoms with Crippen molar-refractivity contribution >= 4 is 34.5 Å². The van der Waals surface area contributed by atoms with Gasteiger partial charge in [-0.25, -0.2) is 4.98 Å². The van der Waals surface area contributed by atoms with Crippen LogP contribution in [0.5, 0.6) is 0 Å². The number of anilines is 2. The van der Waals surface area contributed by atoms with Crippen molar-refractivity contribution < 1.29 is 9.26 Å². The zero-order valence-electron chi connectivity index (χ0n) is 14.1. The lowest BCUT2D eigenvalue weighted by molar-refractivity contribution is 0.174. The van der Waals surface area contributed by atoms with Crippen molar-refractivity contribution in [3.63, 3.8) is 0 Å². The summed E-state index contributed by atoms with van der Waals surface area (Å²) >= 11 is 0. The molecule has 0 saturated heterocycles. The molecule has 1 aromatic carbocycles. The largest absolute Gasteiger partial charge is 0.377 e. The average Bonchev–Trinajstić information content (AvgIpc) is 3.31. The molecule has 132 valence electrons. The number of nitrogens with one attached hydrogen (secondary N) is 1. The molecule has 0 saturated carbocycles. The van der Waals surface area contributed by atoms with E-state index in [4.69, 9.17) is 15.0 Å². The third-order valence-electron chi connectivity index (χ3n) is 3.92. The molecular weight excluding hydrogens is 334 g/mol. The topological polar surface area (TPSA) is 124 Å². The highest BCUT2D eigenvalue weighted by Crippen LogP contribution is 2.26. The number of fused-ring (bicyclic) bond motifs is 1. The van der Waals surface area contributed by atoms with Crippen LogP contribution in [0.3, 0.4) is 0 Å². The third kappa shape index (κ3) is 3.24. The van der Waals surface area contributed by atoms with Crippen molar-refractivity contribution in [1.29, 1.82) is 0 Å². The third-order valence-corrected chi connectivity index (χ3v) is 3.92. The molecule has 0 bridgehead atoms. The van der Waals surface area contributed by atoms with Gasteiger partial charge in [0, 0.05) is 18.7 Å². The zero-order chi connectivity index (χ0) is 17.9. The summed E-state index contributed by atoms with van der Waals surface area (Å²) in [6.07, 6.45) is 3.81. The first-order valence-electron chi connectivity index (χ1n) is 8.04. The first-order valence-corrected chi connectivity index (χ1v) is 8.04. The molecule has 3 aromatic rings. The van der Waals surface area contributed by atoms with Crippen LogP contribution in [0.15, 0.2) is 33.8 Å². The van der Waals surface area contributed by atoms with Gasteiger partial charge in [0.15, 0.2) is 5.82 Å². The Bertz CT molecular complexity index is 1010. The van der Waals surface area contributed by atoms with Gasteiger partial charge in [-0.3, -0.25) is 4.99 Å². The highest BCUT2D eigenvalue weighted by atomic mass is 16.5. The molecule has 0 fully saturated rings. The maximum atomic E-state index is 5.87. The van der Waals surface area contributed by atoms with E-state index in [1.54, 1.807) is 7.11 Å². The monoisotopic (exact) mass is 351 g/mol. The second kappa shape index (κ2) is 6.89. The number of aromatic nitrogens is 4. The van der Waals surface area contributed by atoms with E-state index in [1.165, 1.54) is 0 Å². The summed E-state index contributed by atoms with van der Waals surface area (Å²) in [7, 11) is 1.58. The minimum atomic E-state index is 0.194. The molecule has 26 heavy (non-hydrogen) atoms. The molecular formula is C17H17N7O2. The number of aliphatic imine (C=N–C) groups is 1. The van der Waals surface area contributed by atoms with E-state index in [1.807, 2.05) is 30.5 Å².